The van der Waals surface area contributed by atoms with E-state index in [4.69, 9.17) is 14.2 Å². The van der Waals surface area contributed by atoms with Gasteiger partial charge < -0.3 is 30.2 Å². The average molecular weight is 730 g/mol. The van der Waals surface area contributed by atoms with Crippen LogP contribution in [0.2, 0.25) is 0 Å². The number of methoxy groups -OCH3 is 1. The number of anilines is 2. The summed E-state index contributed by atoms with van der Waals surface area (Å²) in [5.41, 5.74) is 1.08. The highest BCUT2D eigenvalue weighted by molar-refractivity contribution is 9.10. The summed E-state index contributed by atoms with van der Waals surface area (Å²) in [6.07, 6.45) is 1.42. The molecule has 13 heteroatoms. The Labute approximate surface area is 287 Å². The van der Waals surface area contributed by atoms with Crippen LogP contribution in [0.1, 0.15) is 50.2 Å². The van der Waals surface area contributed by atoms with Gasteiger partial charge in [0, 0.05) is 17.9 Å². The minimum Gasteiger partial charge on any atom is -0.479 e. The lowest BCUT2D eigenvalue weighted by Crippen LogP contribution is -2.56. The summed E-state index contributed by atoms with van der Waals surface area (Å²) in [4.78, 5) is 55.4. The first-order chi connectivity index (χ1) is 22.4. The van der Waals surface area contributed by atoms with Crippen LogP contribution in [0.3, 0.4) is 0 Å². The lowest BCUT2D eigenvalue weighted by Gasteiger charge is -2.38. The summed E-state index contributed by atoms with van der Waals surface area (Å²) < 4.78 is 16.6. The van der Waals surface area contributed by atoms with Gasteiger partial charge in [-0.25, -0.2) is 14.4 Å². The van der Waals surface area contributed by atoms with Crippen molar-refractivity contribution in [2.24, 2.45) is 5.92 Å². The van der Waals surface area contributed by atoms with Crippen LogP contribution in [0.15, 0.2) is 59.1 Å². The Bertz CT molecular complexity index is 1570. The number of hydrogen-bond acceptors (Lipinski definition) is 9. The monoisotopic (exact) mass is 728 g/mol. The van der Waals surface area contributed by atoms with Crippen molar-refractivity contribution in [1.29, 1.82) is 0 Å². The highest BCUT2D eigenvalue weighted by atomic mass is 79.9. The summed E-state index contributed by atoms with van der Waals surface area (Å²) in [6.45, 7) is 8.48. The van der Waals surface area contributed by atoms with E-state index in [1.807, 2.05) is 43.3 Å². The smallest absolute Gasteiger partial charge is 0.351 e. The van der Waals surface area contributed by atoms with Crippen LogP contribution in [0.5, 0.6) is 5.75 Å². The Kier molecular flexibility index (Phi) is 12.4. The normalized spacial score (nSPS) is 14.1. The molecule has 0 saturated carbocycles. The van der Waals surface area contributed by atoms with Gasteiger partial charge in [0.05, 0.1) is 16.5 Å². The van der Waals surface area contributed by atoms with E-state index >= 15 is 0 Å². The van der Waals surface area contributed by atoms with Gasteiger partial charge in [0.25, 0.3) is 0 Å². The van der Waals surface area contributed by atoms with Gasteiger partial charge in [-0.15, -0.1) is 11.3 Å². The van der Waals surface area contributed by atoms with Crippen molar-refractivity contribution in [2.75, 3.05) is 43.6 Å². The molecule has 1 aromatic heterocycles. The second kappa shape index (κ2) is 16.2. The van der Waals surface area contributed by atoms with Crippen molar-refractivity contribution < 1.29 is 33.4 Å². The number of rotatable bonds is 11. The number of piperidine rings is 1. The molecule has 0 spiro atoms. The molecule has 2 heterocycles. The van der Waals surface area contributed by atoms with Crippen LogP contribution in [-0.2, 0) is 19.1 Å². The Morgan fingerprint density at radius 1 is 1.06 bits per heavy atom. The number of thiophene rings is 1. The van der Waals surface area contributed by atoms with E-state index < -0.39 is 36.2 Å². The van der Waals surface area contributed by atoms with E-state index in [1.165, 1.54) is 12.0 Å². The quantitative estimate of drug-likeness (QED) is 0.198. The maximum Gasteiger partial charge on any atom is 0.351 e. The van der Waals surface area contributed by atoms with Gasteiger partial charge in [0.2, 0.25) is 5.91 Å². The summed E-state index contributed by atoms with van der Waals surface area (Å²) >= 11 is 4.69. The van der Waals surface area contributed by atoms with Gasteiger partial charge in [0.15, 0.2) is 17.2 Å². The van der Waals surface area contributed by atoms with Gasteiger partial charge in [0.1, 0.15) is 11.6 Å². The van der Waals surface area contributed by atoms with Crippen LogP contribution in [0.4, 0.5) is 16.2 Å². The molecule has 2 aromatic carbocycles. The molecule has 4 rings (SSSR count). The fourth-order valence-corrected chi connectivity index (χ4v) is 7.28. The number of amides is 3. The number of carbonyl (C=O) groups is 4. The summed E-state index contributed by atoms with van der Waals surface area (Å²) in [5, 5.41) is 9.25. The van der Waals surface area contributed by atoms with Crippen LogP contribution in [-0.4, -0.2) is 68.9 Å². The highest BCUT2D eigenvalue weighted by Gasteiger charge is 2.38. The first kappa shape index (κ1) is 35.9. The number of halogens is 1. The van der Waals surface area contributed by atoms with Crippen LogP contribution in [0.25, 0.3) is 10.4 Å². The molecule has 0 aliphatic carbocycles. The van der Waals surface area contributed by atoms with Crippen LogP contribution >= 0.6 is 27.3 Å². The third-order valence-corrected chi connectivity index (χ3v) is 9.51. The molecule has 1 unspecified atom stereocenters. The van der Waals surface area contributed by atoms with E-state index in [2.05, 4.69) is 31.9 Å². The molecule has 1 aliphatic rings. The number of hydrogen-bond donors (Lipinski definition) is 3. The second-order valence-electron chi connectivity index (χ2n) is 11.9. The minimum absolute atomic E-state index is 0.113. The highest BCUT2D eigenvalue weighted by Crippen LogP contribution is 2.46. The van der Waals surface area contributed by atoms with Gasteiger partial charge in [-0.2, -0.15) is 0 Å². The standard InChI is InChI=1S/C34H41BrN4O7S/c1-6-37-33(43)39(27(21-15-17-36-18-16-21)31(41)38-23-12-8-7-9-13-23)24-14-10-11-22(19-24)29-26(35)28(30(47-29)32(42)44-5)45-20-25(40)46-34(2,3)4/h7-14,19,21,27,36H,6,15-18,20H2,1-5H3,(H,37,43)(H,38,41). The average Bonchev–Trinajstić information content (AvgIpc) is 3.38. The summed E-state index contributed by atoms with van der Waals surface area (Å²) in [7, 11) is 1.26. The number of urea groups is 1. The summed E-state index contributed by atoms with van der Waals surface area (Å²) in [6, 6.07) is 15.2. The molecule has 1 saturated heterocycles. The number of para-hydroxylation sites is 1. The van der Waals surface area contributed by atoms with Crippen molar-refractivity contribution in [3.8, 4) is 16.2 Å². The van der Waals surface area contributed by atoms with E-state index in [1.54, 1.807) is 39.0 Å². The number of nitrogens with one attached hydrogen (secondary N) is 3. The van der Waals surface area contributed by atoms with Crippen LogP contribution < -0.4 is 25.6 Å². The molecule has 3 N–H and O–H groups in total. The fourth-order valence-electron chi connectivity index (χ4n) is 5.32. The number of benzene rings is 2. The first-order valence-corrected chi connectivity index (χ1v) is 17.0. The predicted molar refractivity (Wildman–Crippen MR) is 186 cm³/mol. The molecule has 3 amide bonds. The second-order valence-corrected chi connectivity index (χ2v) is 13.7. The fraction of sp³-hybridized carbons (Fsp3) is 0.412. The topological polar surface area (TPSA) is 135 Å². The zero-order valence-electron chi connectivity index (χ0n) is 27.2. The van der Waals surface area contributed by atoms with Gasteiger partial charge >= 0.3 is 18.0 Å². The van der Waals surface area contributed by atoms with Crippen molar-refractivity contribution in [2.45, 2.75) is 52.2 Å². The SMILES string of the molecule is CCNC(=O)N(c1cccc(-c2sc(C(=O)OC)c(OCC(=O)OC(C)(C)C)c2Br)c1)C(C(=O)Nc1ccccc1)C1CCNCC1. The molecular weight excluding hydrogens is 688 g/mol. The van der Waals surface area contributed by atoms with E-state index in [-0.39, 0.29) is 22.5 Å². The molecule has 3 aromatic rings. The van der Waals surface area contributed by atoms with E-state index in [0.29, 0.717) is 45.7 Å². The van der Waals surface area contributed by atoms with Gasteiger partial charge in [-0.1, -0.05) is 30.3 Å². The van der Waals surface area contributed by atoms with E-state index in [0.717, 1.165) is 24.4 Å². The number of esters is 2. The van der Waals surface area contributed by atoms with Gasteiger partial charge in [-0.05, 0) is 105 Å². The third-order valence-electron chi connectivity index (χ3n) is 7.29. The molecule has 1 atom stereocenters. The Morgan fingerprint density at radius 3 is 2.40 bits per heavy atom. The van der Waals surface area contributed by atoms with Crippen LogP contribution in [0, 0.1) is 5.92 Å². The van der Waals surface area contributed by atoms with Gasteiger partial charge in [-0.3, -0.25) is 9.69 Å². The zero-order chi connectivity index (χ0) is 34.1. The number of carbonyl (C=O) groups excluding carboxylic acids is 4. The molecule has 0 radical (unpaired) electrons. The predicted octanol–water partition coefficient (Wildman–Crippen LogP) is 6.23. The zero-order valence-corrected chi connectivity index (χ0v) is 29.6. The van der Waals surface area contributed by atoms with Crippen molar-refractivity contribution in [3.63, 3.8) is 0 Å². The Morgan fingerprint density at radius 2 is 1.77 bits per heavy atom. The third kappa shape index (κ3) is 9.33. The first-order valence-electron chi connectivity index (χ1n) is 15.4. The maximum absolute atomic E-state index is 14.0. The van der Waals surface area contributed by atoms with Crippen molar-refractivity contribution in [3.05, 3.63) is 63.9 Å². The molecular formula is C34H41BrN4O7S. The molecule has 1 fully saturated rings. The maximum atomic E-state index is 14.0. The van der Waals surface area contributed by atoms with Crippen molar-refractivity contribution in [1.82, 2.24) is 10.6 Å². The lowest BCUT2D eigenvalue weighted by atomic mass is 9.88. The van der Waals surface area contributed by atoms with Crippen molar-refractivity contribution >= 4 is 62.5 Å². The lowest BCUT2D eigenvalue weighted by molar-refractivity contribution is -0.157. The minimum atomic E-state index is -0.816. The Balaban J connectivity index is 1.76. The molecule has 11 nitrogen and oxygen atoms in total. The largest absolute Gasteiger partial charge is 0.479 e. The van der Waals surface area contributed by atoms with E-state index in [9.17, 15) is 19.2 Å². The number of ether oxygens (including phenoxy) is 3. The Hall–Kier alpha value is -3.94. The molecule has 0 bridgehead atoms. The molecule has 47 heavy (non-hydrogen) atoms. The molecule has 1 aliphatic heterocycles. The number of nitrogens with zero attached hydrogens (tertiary/aromatic N) is 1. The molecule has 252 valence electrons. The summed E-state index contributed by atoms with van der Waals surface area (Å²) in [5.74, 6) is -1.49.